The Labute approximate surface area is 233 Å². The molecule has 5 rings (SSSR count). The molecule has 10 nitrogen and oxygen atoms in total. The average molecular weight is 580 g/mol. The van der Waals surface area contributed by atoms with Crippen LogP contribution in [0.25, 0.3) is 5.76 Å². The molecule has 1 amide bonds. The SMILES string of the molecule is CN(C)[C@@H]1C(=O)C(C(N)=O)=C(O)[C@@]2(O)C(=O)C3=C(O)c4c(O)cc(CNC5(C)CCC5)c(C(F)(F)F)c4C[C@H]3C[C@@H]12. The minimum atomic E-state index is -4.88. The number of alkyl halides is 3. The first-order valence-corrected chi connectivity index (χ1v) is 13.3. The van der Waals surface area contributed by atoms with E-state index in [2.05, 4.69) is 5.32 Å². The number of primary amides is 1. The number of benzene rings is 1. The number of carbonyl (C=O) groups is 3. The van der Waals surface area contributed by atoms with Crippen molar-refractivity contribution in [1.29, 1.82) is 0 Å². The van der Waals surface area contributed by atoms with Gasteiger partial charge in [-0.25, -0.2) is 0 Å². The van der Waals surface area contributed by atoms with Gasteiger partial charge in [-0.1, -0.05) is 0 Å². The molecule has 0 unspecified atom stereocenters. The van der Waals surface area contributed by atoms with E-state index < -0.39 is 98.7 Å². The maximum absolute atomic E-state index is 14.6. The summed E-state index contributed by atoms with van der Waals surface area (Å²) < 4.78 is 43.7. The lowest BCUT2D eigenvalue weighted by Gasteiger charge is -2.50. The highest BCUT2D eigenvalue weighted by molar-refractivity contribution is 6.24. The fourth-order valence-electron chi connectivity index (χ4n) is 7.07. The van der Waals surface area contributed by atoms with E-state index >= 15 is 0 Å². The molecule has 13 heteroatoms. The second kappa shape index (κ2) is 9.30. The molecule has 0 aromatic heterocycles. The molecule has 0 spiro atoms. The van der Waals surface area contributed by atoms with Gasteiger partial charge in [-0.3, -0.25) is 19.3 Å². The third-order valence-corrected chi connectivity index (χ3v) is 9.25. The fraction of sp³-hybridized carbons (Fsp3) is 0.536. The predicted molar refractivity (Wildman–Crippen MR) is 138 cm³/mol. The third kappa shape index (κ3) is 4.16. The van der Waals surface area contributed by atoms with E-state index in [1.54, 1.807) is 0 Å². The largest absolute Gasteiger partial charge is 0.508 e. The molecule has 2 fully saturated rings. The van der Waals surface area contributed by atoms with Gasteiger partial charge in [0, 0.05) is 23.6 Å². The molecule has 0 radical (unpaired) electrons. The summed E-state index contributed by atoms with van der Waals surface area (Å²) in [5.41, 5.74) is -1.64. The van der Waals surface area contributed by atoms with Crippen molar-refractivity contribution in [2.24, 2.45) is 17.6 Å². The number of Topliss-reactive ketones (excluding diaryl/α,β-unsaturated/α-hetero) is 2. The summed E-state index contributed by atoms with van der Waals surface area (Å²) in [5.74, 6) is -9.00. The van der Waals surface area contributed by atoms with Crippen LogP contribution in [-0.2, 0) is 33.5 Å². The Balaban J connectivity index is 1.69. The Bertz CT molecular complexity index is 1440. The van der Waals surface area contributed by atoms with Crippen molar-refractivity contribution in [2.75, 3.05) is 14.1 Å². The van der Waals surface area contributed by atoms with E-state index in [1.807, 2.05) is 6.92 Å². The lowest BCUT2D eigenvalue weighted by molar-refractivity contribution is -0.153. The van der Waals surface area contributed by atoms with Crippen molar-refractivity contribution in [1.82, 2.24) is 10.2 Å². The van der Waals surface area contributed by atoms with Crippen LogP contribution in [0.2, 0.25) is 0 Å². The van der Waals surface area contributed by atoms with Crippen molar-refractivity contribution in [3.05, 3.63) is 45.2 Å². The van der Waals surface area contributed by atoms with E-state index in [1.165, 1.54) is 19.0 Å². The zero-order valence-corrected chi connectivity index (χ0v) is 22.7. The molecule has 0 aliphatic heterocycles. The van der Waals surface area contributed by atoms with E-state index in [0.717, 1.165) is 25.3 Å². The van der Waals surface area contributed by atoms with Gasteiger partial charge in [0.2, 0.25) is 5.78 Å². The third-order valence-electron chi connectivity index (χ3n) is 9.25. The van der Waals surface area contributed by atoms with Crippen LogP contribution < -0.4 is 11.1 Å². The summed E-state index contributed by atoms with van der Waals surface area (Å²) in [6.07, 6.45) is -3.10. The zero-order chi connectivity index (χ0) is 30.4. The number of halogens is 3. The molecule has 4 aliphatic rings. The van der Waals surface area contributed by atoms with Gasteiger partial charge < -0.3 is 31.5 Å². The molecule has 1 aromatic carbocycles. The summed E-state index contributed by atoms with van der Waals surface area (Å²) in [4.78, 5) is 40.4. The van der Waals surface area contributed by atoms with Gasteiger partial charge >= 0.3 is 6.18 Å². The molecule has 0 bridgehead atoms. The minimum absolute atomic E-state index is 0.193. The second-order valence-corrected chi connectivity index (χ2v) is 12.0. The fourth-order valence-corrected chi connectivity index (χ4v) is 7.07. The number of likely N-dealkylation sites (N-methyl/N-ethyl adjacent to an activating group) is 1. The molecule has 7 N–H and O–H groups in total. The van der Waals surface area contributed by atoms with E-state index in [4.69, 9.17) is 5.73 Å². The van der Waals surface area contributed by atoms with Crippen LogP contribution in [0.4, 0.5) is 13.2 Å². The number of rotatable bonds is 5. The van der Waals surface area contributed by atoms with Crippen LogP contribution in [0.15, 0.2) is 23.0 Å². The Morgan fingerprint density at radius 3 is 2.34 bits per heavy atom. The summed E-state index contributed by atoms with van der Waals surface area (Å²) in [6.45, 7) is 1.71. The minimum Gasteiger partial charge on any atom is -0.508 e. The molecule has 4 aliphatic carbocycles. The first kappa shape index (κ1) is 29.1. The van der Waals surface area contributed by atoms with Crippen molar-refractivity contribution < 1.29 is 48.0 Å². The lowest BCUT2D eigenvalue weighted by atomic mass is 9.57. The van der Waals surface area contributed by atoms with Crippen molar-refractivity contribution >= 4 is 23.2 Å². The highest BCUT2D eigenvalue weighted by Crippen LogP contribution is 2.54. The van der Waals surface area contributed by atoms with Crippen LogP contribution in [0.5, 0.6) is 5.75 Å². The molecule has 0 saturated heterocycles. The number of phenols is 1. The number of amides is 1. The normalized spacial score (nSPS) is 29.2. The molecular weight excluding hydrogens is 547 g/mol. The smallest absolute Gasteiger partial charge is 0.417 e. The molecule has 2 saturated carbocycles. The van der Waals surface area contributed by atoms with Gasteiger partial charge in [-0.05, 0) is 76.2 Å². The van der Waals surface area contributed by atoms with Crippen LogP contribution in [0.1, 0.15) is 54.9 Å². The number of fused-ring (bicyclic) bond motifs is 3. The number of aliphatic hydroxyl groups excluding tert-OH is 2. The van der Waals surface area contributed by atoms with Crippen molar-refractivity contribution in [2.45, 2.75) is 68.9 Å². The number of carbonyl (C=O) groups excluding carboxylic acids is 3. The maximum atomic E-state index is 14.6. The quantitative estimate of drug-likeness (QED) is 0.285. The lowest BCUT2D eigenvalue weighted by Crippen LogP contribution is -2.65. The van der Waals surface area contributed by atoms with Crippen LogP contribution in [0.3, 0.4) is 0 Å². The van der Waals surface area contributed by atoms with Crippen LogP contribution >= 0.6 is 0 Å². The monoisotopic (exact) mass is 579 g/mol. The first-order chi connectivity index (χ1) is 18.9. The summed E-state index contributed by atoms with van der Waals surface area (Å²) in [7, 11) is 2.88. The molecule has 222 valence electrons. The van der Waals surface area contributed by atoms with Crippen molar-refractivity contribution in [3.63, 3.8) is 0 Å². The van der Waals surface area contributed by atoms with Crippen LogP contribution in [-0.4, -0.2) is 74.1 Å². The predicted octanol–water partition coefficient (Wildman–Crippen LogP) is 2.02. The van der Waals surface area contributed by atoms with Gasteiger partial charge in [-0.2, -0.15) is 13.2 Å². The summed E-state index contributed by atoms with van der Waals surface area (Å²) >= 11 is 0. The van der Waals surface area contributed by atoms with E-state index in [0.29, 0.717) is 0 Å². The number of nitrogens with two attached hydrogens (primary N) is 1. The number of nitrogens with zero attached hydrogens (tertiary/aromatic N) is 1. The number of aromatic hydroxyl groups is 1. The number of ketones is 2. The Kier molecular flexibility index (Phi) is 6.59. The number of hydrogen-bond acceptors (Lipinski definition) is 9. The van der Waals surface area contributed by atoms with Gasteiger partial charge in [-0.15, -0.1) is 0 Å². The topological polar surface area (TPSA) is 173 Å². The van der Waals surface area contributed by atoms with E-state index in [9.17, 15) is 48.0 Å². The van der Waals surface area contributed by atoms with E-state index in [-0.39, 0.29) is 24.1 Å². The number of phenolic OH excluding ortho intramolecular Hbond substituents is 1. The Morgan fingerprint density at radius 2 is 1.83 bits per heavy atom. The molecule has 41 heavy (non-hydrogen) atoms. The Hall–Kier alpha value is -3.42. The highest BCUT2D eigenvalue weighted by atomic mass is 19.4. The Morgan fingerprint density at radius 1 is 1.20 bits per heavy atom. The zero-order valence-electron chi connectivity index (χ0n) is 22.7. The first-order valence-electron chi connectivity index (χ1n) is 13.3. The standard InChI is InChI=1S/C28H32F3N3O7/c1-26(5-4-6-26)33-10-12-9-15(35)17-13(19(12)28(29,30)31)7-11-8-14-20(34(2)3)22(37)18(25(32)40)24(39)27(14,41)23(38)16(11)21(17)36/h9,11,14,20,33,35-36,39,41H,4-8,10H2,1-3H3,(H2,32,40)/t11-,14-,20-,27-/m0/s1. The number of nitrogens with one attached hydrogen (secondary N) is 1. The number of hydrogen-bond donors (Lipinski definition) is 6. The van der Waals surface area contributed by atoms with Crippen LogP contribution in [0, 0.1) is 11.8 Å². The highest BCUT2D eigenvalue weighted by Gasteiger charge is 2.64. The molecule has 1 aromatic rings. The molecule has 0 heterocycles. The number of aliphatic hydroxyl groups is 3. The summed E-state index contributed by atoms with van der Waals surface area (Å²) in [5, 5.41) is 47.7. The maximum Gasteiger partial charge on any atom is 0.417 e. The average Bonchev–Trinajstić information content (AvgIpc) is 2.82. The van der Waals surface area contributed by atoms with Gasteiger partial charge in [0.1, 0.15) is 22.8 Å². The van der Waals surface area contributed by atoms with Gasteiger partial charge in [0.05, 0.1) is 17.2 Å². The summed E-state index contributed by atoms with van der Waals surface area (Å²) in [6, 6.07) is -0.426. The van der Waals surface area contributed by atoms with Gasteiger partial charge in [0.15, 0.2) is 11.4 Å². The van der Waals surface area contributed by atoms with Gasteiger partial charge in [0.25, 0.3) is 5.91 Å². The molecule has 4 atom stereocenters. The second-order valence-electron chi connectivity index (χ2n) is 12.0. The molecular formula is C28H32F3N3O7. The van der Waals surface area contributed by atoms with Crippen molar-refractivity contribution in [3.8, 4) is 5.75 Å².